The number of thiophene rings is 1. The lowest BCUT2D eigenvalue weighted by atomic mass is 9.96. The van der Waals surface area contributed by atoms with Crippen molar-refractivity contribution >= 4 is 39.2 Å². The zero-order chi connectivity index (χ0) is 18.8. The number of ketones is 1. The Hall–Kier alpha value is -2.60. The predicted molar refractivity (Wildman–Crippen MR) is 114 cm³/mol. The normalized spacial score (nSPS) is 17.5. The highest BCUT2D eigenvalue weighted by Gasteiger charge is 2.25. The molecule has 1 saturated carbocycles. The molecule has 27 heavy (non-hydrogen) atoms. The molecule has 6 heteroatoms. The molecular weight excluding hydrogens is 356 g/mol. The van der Waals surface area contributed by atoms with Crippen LogP contribution in [0.2, 0.25) is 0 Å². The van der Waals surface area contributed by atoms with Crippen molar-refractivity contribution in [3.63, 3.8) is 0 Å². The standard InChI is InChI=1S/C21H24N4OS/c22-17-18(23)21(25-15-9-5-2-6-10-15)27-20(17)19(26)14-11-16(24-12-14)13-7-3-1-4-8-13/h1,3-4,7-8,11,15,25H,2,5-6,9-10,12,22-23H2. The number of nitrogens with zero attached hydrogens (tertiary/aromatic N) is 1. The minimum absolute atomic E-state index is 0.0735. The van der Waals surface area contributed by atoms with Crippen molar-refractivity contribution < 1.29 is 4.79 Å². The monoisotopic (exact) mass is 380 g/mol. The third kappa shape index (κ3) is 3.62. The number of rotatable bonds is 5. The molecule has 2 aromatic rings. The molecule has 0 bridgehead atoms. The van der Waals surface area contributed by atoms with Gasteiger partial charge in [0.15, 0.2) is 0 Å². The third-order valence-electron chi connectivity index (χ3n) is 5.22. The highest BCUT2D eigenvalue weighted by atomic mass is 32.1. The van der Waals surface area contributed by atoms with Crippen LogP contribution in [-0.4, -0.2) is 24.1 Å². The fourth-order valence-corrected chi connectivity index (χ4v) is 4.75. The molecule has 1 aliphatic carbocycles. The summed E-state index contributed by atoms with van der Waals surface area (Å²) < 4.78 is 0. The van der Waals surface area contributed by atoms with Crippen LogP contribution < -0.4 is 16.8 Å². The first kappa shape index (κ1) is 17.8. The number of carbonyl (C=O) groups is 1. The average molecular weight is 381 g/mol. The summed E-state index contributed by atoms with van der Waals surface area (Å²) in [6.45, 7) is 0.381. The number of allylic oxidation sites excluding steroid dienone is 1. The molecule has 1 aromatic carbocycles. The van der Waals surface area contributed by atoms with Gasteiger partial charge in [0.1, 0.15) is 9.88 Å². The number of Topliss-reactive ketones (excluding diaryl/α,β-unsaturated/α-hetero) is 1. The van der Waals surface area contributed by atoms with Crippen LogP contribution in [0.5, 0.6) is 0 Å². The number of nitrogens with one attached hydrogen (secondary N) is 1. The Bertz CT molecular complexity index is 908. The summed E-state index contributed by atoms with van der Waals surface area (Å²) in [6.07, 6.45) is 7.90. The van der Waals surface area contributed by atoms with Crippen LogP contribution in [0.1, 0.15) is 47.3 Å². The molecule has 5 nitrogen and oxygen atoms in total. The van der Waals surface area contributed by atoms with Crippen molar-refractivity contribution in [2.45, 2.75) is 38.1 Å². The van der Waals surface area contributed by atoms with E-state index in [2.05, 4.69) is 10.3 Å². The second kappa shape index (κ2) is 7.56. The number of hydrogen-bond acceptors (Lipinski definition) is 6. The predicted octanol–water partition coefficient (Wildman–Crippen LogP) is 4.27. The molecule has 0 saturated heterocycles. The van der Waals surface area contributed by atoms with E-state index in [1.807, 2.05) is 36.4 Å². The molecule has 2 aliphatic rings. The van der Waals surface area contributed by atoms with Crippen LogP contribution in [-0.2, 0) is 0 Å². The SMILES string of the molecule is Nc1c(NC2CCCCC2)sc(C(=O)C2=CC(c3ccccc3)=NC2)c1N. The van der Waals surface area contributed by atoms with Crippen molar-refractivity contribution in [3.8, 4) is 0 Å². The van der Waals surface area contributed by atoms with Gasteiger partial charge in [-0.3, -0.25) is 9.79 Å². The van der Waals surface area contributed by atoms with E-state index < -0.39 is 0 Å². The van der Waals surface area contributed by atoms with Crippen molar-refractivity contribution in [3.05, 3.63) is 52.4 Å². The molecule has 4 rings (SSSR count). The lowest BCUT2D eigenvalue weighted by Crippen LogP contribution is -2.22. The smallest absolute Gasteiger partial charge is 0.203 e. The summed E-state index contributed by atoms with van der Waals surface area (Å²) in [4.78, 5) is 18.0. The van der Waals surface area contributed by atoms with Crippen molar-refractivity contribution in [2.75, 3.05) is 23.3 Å². The maximum Gasteiger partial charge on any atom is 0.203 e. The molecule has 0 atom stereocenters. The number of anilines is 3. The molecular formula is C21H24N4OS. The third-order valence-corrected chi connectivity index (χ3v) is 6.37. The second-order valence-electron chi connectivity index (χ2n) is 7.13. The van der Waals surface area contributed by atoms with Crippen molar-refractivity contribution in [1.29, 1.82) is 0 Å². The van der Waals surface area contributed by atoms with Gasteiger partial charge in [-0.05, 0) is 24.5 Å². The summed E-state index contributed by atoms with van der Waals surface area (Å²) >= 11 is 1.37. The van der Waals surface area contributed by atoms with Crippen LogP contribution in [0.3, 0.4) is 0 Å². The minimum atomic E-state index is -0.0735. The van der Waals surface area contributed by atoms with Crippen LogP contribution in [0.4, 0.5) is 16.4 Å². The van der Waals surface area contributed by atoms with Gasteiger partial charge < -0.3 is 16.8 Å². The van der Waals surface area contributed by atoms with Gasteiger partial charge in [0.05, 0.1) is 23.6 Å². The zero-order valence-corrected chi connectivity index (χ0v) is 16.0. The molecule has 1 fully saturated rings. The van der Waals surface area contributed by atoms with E-state index in [0.29, 0.717) is 34.4 Å². The lowest BCUT2D eigenvalue weighted by Gasteiger charge is -2.23. The Balaban J connectivity index is 1.53. The maximum absolute atomic E-state index is 13.0. The number of aliphatic imine (C=N–C) groups is 1. The van der Waals surface area contributed by atoms with Crippen LogP contribution in [0.25, 0.3) is 0 Å². The van der Waals surface area contributed by atoms with Crippen LogP contribution in [0.15, 0.2) is 47.0 Å². The first-order valence-corrected chi connectivity index (χ1v) is 10.2. The highest BCUT2D eigenvalue weighted by molar-refractivity contribution is 7.19. The number of carbonyl (C=O) groups excluding carboxylic acids is 1. The Kier molecular flexibility index (Phi) is 4.99. The Morgan fingerprint density at radius 3 is 2.56 bits per heavy atom. The molecule has 2 heterocycles. The van der Waals surface area contributed by atoms with Gasteiger partial charge in [-0.2, -0.15) is 0 Å². The van der Waals surface area contributed by atoms with Crippen LogP contribution in [0, 0.1) is 0 Å². The van der Waals surface area contributed by atoms with E-state index >= 15 is 0 Å². The molecule has 0 radical (unpaired) electrons. The minimum Gasteiger partial charge on any atom is -0.396 e. The quantitative estimate of drug-likeness (QED) is 0.675. The molecule has 0 spiro atoms. The van der Waals surface area contributed by atoms with Gasteiger partial charge in [0.2, 0.25) is 5.78 Å². The van der Waals surface area contributed by atoms with E-state index in [0.717, 1.165) is 29.1 Å². The fraction of sp³-hybridized carbons (Fsp3) is 0.333. The van der Waals surface area contributed by atoms with Gasteiger partial charge in [-0.1, -0.05) is 49.6 Å². The lowest BCUT2D eigenvalue weighted by molar-refractivity contribution is 0.103. The van der Waals surface area contributed by atoms with E-state index in [9.17, 15) is 4.79 Å². The molecule has 0 amide bonds. The summed E-state index contributed by atoms with van der Waals surface area (Å²) in [6, 6.07) is 10.3. The van der Waals surface area contributed by atoms with Gasteiger partial charge in [0, 0.05) is 11.6 Å². The first-order valence-electron chi connectivity index (χ1n) is 9.43. The molecule has 5 N–H and O–H groups in total. The molecule has 1 aromatic heterocycles. The van der Waals surface area contributed by atoms with Gasteiger partial charge in [-0.25, -0.2) is 0 Å². The second-order valence-corrected chi connectivity index (χ2v) is 8.15. The highest BCUT2D eigenvalue weighted by Crippen LogP contribution is 2.41. The first-order chi connectivity index (χ1) is 13.1. The van der Waals surface area contributed by atoms with E-state index in [-0.39, 0.29) is 5.78 Å². The van der Waals surface area contributed by atoms with E-state index in [4.69, 9.17) is 11.5 Å². The van der Waals surface area contributed by atoms with E-state index in [1.165, 1.54) is 30.6 Å². The summed E-state index contributed by atoms with van der Waals surface area (Å²) in [5.74, 6) is -0.0735. The van der Waals surface area contributed by atoms with Gasteiger partial charge >= 0.3 is 0 Å². The summed E-state index contributed by atoms with van der Waals surface area (Å²) in [5.41, 5.74) is 15.8. The fourth-order valence-electron chi connectivity index (χ4n) is 3.66. The van der Waals surface area contributed by atoms with Crippen molar-refractivity contribution in [1.82, 2.24) is 0 Å². The topological polar surface area (TPSA) is 93.5 Å². The zero-order valence-electron chi connectivity index (χ0n) is 15.2. The summed E-state index contributed by atoms with van der Waals surface area (Å²) in [5, 5.41) is 4.33. The molecule has 1 aliphatic heterocycles. The number of nitrogens with two attached hydrogens (primary N) is 2. The maximum atomic E-state index is 13.0. The van der Waals surface area contributed by atoms with Crippen molar-refractivity contribution in [2.24, 2.45) is 4.99 Å². The largest absolute Gasteiger partial charge is 0.396 e. The Morgan fingerprint density at radius 2 is 1.81 bits per heavy atom. The number of benzene rings is 1. The average Bonchev–Trinajstić information content (AvgIpc) is 3.30. The van der Waals surface area contributed by atoms with Gasteiger partial charge in [-0.15, -0.1) is 11.3 Å². The van der Waals surface area contributed by atoms with E-state index in [1.54, 1.807) is 0 Å². The Morgan fingerprint density at radius 1 is 1.07 bits per heavy atom. The number of hydrogen-bond donors (Lipinski definition) is 3. The summed E-state index contributed by atoms with van der Waals surface area (Å²) in [7, 11) is 0. The number of nitrogen functional groups attached to an aromatic ring is 2. The van der Waals surface area contributed by atoms with Gasteiger partial charge in [0.25, 0.3) is 0 Å². The molecule has 0 unspecified atom stereocenters. The molecule has 140 valence electrons. The van der Waals surface area contributed by atoms with Crippen LogP contribution >= 0.6 is 11.3 Å². The Labute approximate surface area is 163 Å².